The van der Waals surface area contributed by atoms with Gasteiger partial charge in [-0.05, 0) is 13.8 Å². The molecule has 19 heavy (non-hydrogen) atoms. The third-order valence-electron chi connectivity index (χ3n) is 2.19. The van der Waals surface area contributed by atoms with E-state index in [9.17, 15) is 14.9 Å². The highest BCUT2D eigenvalue weighted by Gasteiger charge is 2.21. The van der Waals surface area contributed by atoms with Crippen LogP contribution in [0.2, 0.25) is 0 Å². The van der Waals surface area contributed by atoms with Gasteiger partial charge in [0.1, 0.15) is 12.2 Å². The average molecular weight is 269 g/mol. The molecular weight excluding hydrogens is 254 g/mol. The lowest BCUT2D eigenvalue weighted by Crippen LogP contribution is -2.37. The molecule has 0 aliphatic heterocycles. The van der Waals surface area contributed by atoms with Crippen molar-refractivity contribution in [2.24, 2.45) is 5.84 Å². The number of aromatic nitrogens is 2. The summed E-state index contributed by atoms with van der Waals surface area (Å²) in [5.41, 5.74) is 1.84. The maximum Gasteiger partial charge on any atom is 0.329 e. The number of nitro groups is 1. The summed E-state index contributed by atoms with van der Waals surface area (Å²) in [7, 11) is 0. The summed E-state index contributed by atoms with van der Waals surface area (Å²) in [6, 6.07) is -0.681. The molecule has 104 valence electrons. The van der Waals surface area contributed by atoms with E-state index in [1.807, 2.05) is 0 Å². The van der Waals surface area contributed by atoms with Crippen molar-refractivity contribution in [1.82, 2.24) is 15.3 Å². The van der Waals surface area contributed by atoms with Gasteiger partial charge in [-0.3, -0.25) is 20.3 Å². The molecule has 1 unspecified atom stereocenters. The molecule has 0 radical (unpaired) electrons. The fourth-order valence-corrected chi connectivity index (χ4v) is 1.28. The molecule has 1 aromatic rings. The number of carbonyl (C=O) groups is 1. The number of nitrogen functional groups attached to an aromatic ring is 1. The van der Waals surface area contributed by atoms with Crippen molar-refractivity contribution in [2.45, 2.75) is 19.9 Å². The van der Waals surface area contributed by atoms with Crippen molar-refractivity contribution in [2.75, 3.05) is 17.3 Å². The number of nitrogens with zero attached hydrogens (tertiary/aromatic N) is 3. The monoisotopic (exact) mass is 269 g/mol. The highest BCUT2D eigenvalue weighted by molar-refractivity contribution is 5.84. The van der Waals surface area contributed by atoms with Gasteiger partial charge in [-0.15, -0.1) is 0 Å². The van der Waals surface area contributed by atoms with E-state index in [4.69, 9.17) is 5.84 Å². The van der Waals surface area contributed by atoms with Gasteiger partial charge < -0.3 is 10.6 Å². The Morgan fingerprint density at radius 3 is 2.84 bits per heavy atom. The number of nitrogens with one attached hydrogen (secondary N) is 3. The highest BCUT2D eigenvalue weighted by Crippen LogP contribution is 2.22. The molecule has 0 aromatic carbocycles. The van der Waals surface area contributed by atoms with Crippen molar-refractivity contribution in [1.29, 1.82) is 0 Å². The van der Waals surface area contributed by atoms with Crippen molar-refractivity contribution in [3.05, 3.63) is 16.3 Å². The molecular formula is C9H15N7O3. The first-order valence-electron chi connectivity index (χ1n) is 5.51. The second-order valence-electron chi connectivity index (χ2n) is 3.59. The van der Waals surface area contributed by atoms with Crippen LogP contribution in [0.3, 0.4) is 0 Å². The molecule has 5 N–H and O–H groups in total. The van der Waals surface area contributed by atoms with Crippen LogP contribution in [0.15, 0.2) is 6.20 Å². The molecule has 1 amide bonds. The Hall–Kier alpha value is -2.49. The number of hydrogen-bond acceptors (Lipinski definition) is 8. The van der Waals surface area contributed by atoms with Crippen molar-refractivity contribution in [3.63, 3.8) is 0 Å². The van der Waals surface area contributed by atoms with Gasteiger partial charge in [-0.2, -0.15) is 4.98 Å². The van der Waals surface area contributed by atoms with Crippen LogP contribution in [-0.2, 0) is 4.79 Å². The number of amides is 1. The third kappa shape index (κ3) is 3.74. The summed E-state index contributed by atoms with van der Waals surface area (Å²) in [5.74, 6) is 4.77. The quantitative estimate of drug-likeness (QED) is 0.310. The van der Waals surface area contributed by atoms with Gasteiger partial charge in [0.25, 0.3) is 0 Å². The molecule has 10 heteroatoms. The Kier molecular flexibility index (Phi) is 4.94. The molecule has 1 rings (SSSR count). The first kappa shape index (κ1) is 14.6. The second-order valence-corrected chi connectivity index (χ2v) is 3.59. The molecule has 0 saturated heterocycles. The molecule has 1 aromatic heterocycles. The van der Waals surface area contributed by atoms with Gasteiger partial charge >= 0.3 is 5.69 Å². The maximum absolute atomic E-state index is 11.6. The predicted octanol–water partition coefficient (Wildman–Crippen LogP) is -0.393. The highest BCUT2D eigenvalue weighted by atomic mass is 16.6. The number of hydrazine groups is 1. The van der Waals surface area contributed by atoms with Crippen molar-refractivity contribution in [3.8, 4) is 0 Å². The summed E-state index contributed by atoms with van der Waals surface area (Å²) in [4.78, 5) is 29.2. The summed E-state index contributed by atoms with van der Waals surface area (Å²) >= 11 is 0. The number of nitrogens with two attached hydrogens (primary N) is 1. The van der Waals surface area contributed by atoms with Crippen molar-refractivity contribution < 1.29 is 9.72 Å². The van der Waals surface area contributed by atoms with Gasteiger partial charge in [0.2, 0.25) is 17.7 Å². The van der Waals surface area contributed by atoms with Gasteiger partial charge in [0, 0.05) is 6.54 Å². The minimum atomic E-state index is -0.681. The zero-order chi connectivity index (χ0) is 14.4. The predicted molar refractivity (Wildman–Crippen MR) is 68.3 cm³/mol. The number of carbonyl (C=O) groups excluding carboxylic acids is 1. The number of hydrogen-bond donors (Lipinski definition) is 4. The number of likely N-dealkylation sites (N-methyl/N-ethyl adjacent to an activating group) is 1. The SMILES string of the molecule is CCNC(=O)C(C)Nc1nc(NN)ncc1[N+](=O)[O-]. The third-order valence-corrected chi connectivity index (χ3v) is 2.19. The summed E-state index contributed by atoms with van der Waals surface area (Å²) < 4.78 is 0. The van der Waals surface area contributed by atoms with E-state index in [0.717, 1.165) is 6.20 Å². The first-order chi connectivity index (χ1) is 8.99. The Balaban J connectivity index is 2.97. The van der Waals surface area contributed by atoms with E-state index in [0.29, 0.717) is 6.54 Å². The molecule has 10 nitrogen and oxygen atoms in total. The van der Waals surface area contributed by atoms with E-state index >= 15 is 0 Å². The fraction of sp³-hybridized carbons (Fsp3) is 0.444. The minimum Gasteiger partial charge on any atom is -0.355 e. The molecule has 0 saturated carbocycles. The topological polar surface area (TPSA) is 148 Å². The van der Waals surface area contributed by atoms with E-state index < -0.39 is 11.0 Å². The van der Waals surface area contributed by atoms with Gasteiger partial charge in [0.05, 0.1) is 4.92 Å². The summed E-state index contributed by atoms with van der Waals surface area (Å²) in [5, 5.41) is 16.1. The van der Waals surface area contributed by atoms with E-state index in [1.165, 1.54) is 0 Å². The molecule has 0 aliphatic carbocycles. The zero-order valence-electron chi connectivity index (χ0n) is 10.5. The molecule has 1 atom stereocenters. The normalized spacial score (nSPS) is 11.5. The molecule has 0 bridgehead atoms. The molecule has 0 spiro atoms. The van der Waals surface area contributed by atoms with E-state index in [2.05, 4.69) is 26.0 Å². The molecule has 0 aliphatic rings. The number of anilines is 2. The van der Waals surface area contributed by atoms with Gasteiger partial charge in [-0.25, -0.2) is 10.8 Å². The number of rotatable bonds is 6. The lowest BCUT2D eigenvalue weighted by Gasteiger charge is -2.14. The Morgan fingerprint density at radius 1 is 1.63 bits per heavy atom. The van der Waals surface area contributed by atoms with Crippen LogP contribution in [0.25, 0.3) is 0 Å². The zero-order valence-corrected chi connectivity index (χ0v) is 10.5. The summed E-state index contributed by atoms with van der Waals surface area (Å²) in [6.07, 6.45) is 1.01. The lowest BCUT2D eigenvalue weighted by molar-refractivity contribution is -0.384. The van der Waals surface area contributed by atoms with Crippen LogP contribution in [0.1, 0.15) is 13.8 Å². The lowest BCUT2D eigenvalue weighted by atomic mass is 10.3. The smallest absolute Gasteiger partial charge is 0.329 e. The average Bonchev–Trinajstić information content (AvgIpc) is 2.38. The van der Waals surface area contributed by atoms with Gasteiger partial charge in [0.15, 0.2) is 0 Å². The Labute approximate surface area is 108 Å². The second kappa shape index (κ2) is 6.44. The first-order valence-corrected chi connectivity index (χ1v) is 5.51. The molecule has 1 heterocycles. The van der Waals surface area contributed by atoms with Crippen LogP contribution >= 0.6 is 0 Å². The van der Waals surface area contributed by atoms with Gasteiger partial charge in [-0.1, -0.05) is 0 Å². The standard InChI is InChI=1S/C9H15N7O3/c1-3-11-8(17)5(2)13-7-6(16(18)19)4-12-9(14-7)15-10/h4-5H,3,10H2,1-2H3,(H,11,17)(H2,12,13,14,15). The molecule has 0 fully saturated rings. The minimum absolute atomic E-state index is 0.0104. The summed E-state index contributed by atoms with van der Waals surface area (Å²) in [6.45, 7) is 3.80. The van der Waals surface area contributed by atoms with Crippen LogP contribution in [-0.4, -0.2) is 33.4 Å². The van der Waals surface area contributed by atoms with Crippen LogP contribution in [0, 0.1) is 10.1 Å². The van der Waals surface area contributed by atoms with Crippen LogP contribution in [0.4, 0.5) is 17.5 Å². The Bertz CT molecular complexity index is 479. The van der Waals surface area contributed by atoms with E-state index in [-0.39, 0.29) is 23.4 Å². The Morgan fingerprint density at radius 2 is 2.32 bits per heavy atom. The van der Waals surface area contributed by atoms with E-state index in [1.54, 1.807) is 13.8 Å². The maximum atomic E-state index is 11.6. The van der Waals surface area contributed by atoms with Crippen LogP contribution < -0.4 is 21.9 Å². The van der Waals surface area contributed by atoms with Crippen molar-refractivity contribution >= 4 is 23.4 Å². The van der Waals surface area contributed by atoms with Crippen LogP contribution in [0.5, 0.6) is 0 Å². The fourth-order valence-electron chi connectivity index (χ4n) is 1.28. The largest absolute Gasteiger partial charge is 0.355 e.